The summed E-state index contributed by atoms with van der Waals surface area (Å²) in [5.41, 5.74) is 0.650. The fourth-order valence-electron chi connectivity index (χ4n) is 4.01. The lowest BCUT2D eigenvalue weighted by Crippen LogP contribution is -2.44. The highest BCUT2D eigenvalue weighted by atomic mass is 32.2. The zero-order valence-electron chi connectivity index (χ0n) is 16.5. The number of rotatable bonds is 6. The minimum atomic E-state index is -3.22. The lowest BCUT2D eigenvalue weighted by Gasteiger charge is -2.32. The smallest absolute Gasteiger partial charge is 0.321 e. The number of nitrogens with one attached hydrogen (secondary N) is 2. The van der Waals surface area contributed by atoms with Crippen molar-refractivity contribution in [1.29, 1.82) is 0 Å². The second-order valence-corrected chi connectivity index (χ2v) is 9.76. The van der Waals surface area contributed by atoms with Gasteiger partial charge in [-0.3, -0.25) is 0 Å². The molecule has 0 bridgehead atoms. The summed E-state index contributed by atoms with van der Waals surface area (Å²) in [5, 5.41) is 2.67. The van der Waals surface area contributed by atoms with E-state index in [2.05, 4.69) is 10.0 Å². The van der Waals surface area contributed by atoms with Gasteiger partial charge in [0.05, 0.1) is 18.0 Å². The zero-order chi connectivity index (χ0) is 20.0. The van der Waals surface area contributed by atoms with Gasteiger partial charge in [0.2, 0.25) is 10.0 Å². The summed E-state index contributed by atoms with van der Waals surface area (Å²) >= 11 is 0. The van der Waals surface area contributed by atoms with Gasteiger partial charge >= 0.3 is 6.03 Å². The molecule has 156 valence electrons. The van der Waals surface area contributed by atoms with Crippen LogP contribution >= 0.6 is 0 Å². The van der Waals surface area contributed by atoms with E-state index in [1.165, 1.54) is 0 Å². The maximum absolute atomic E-state index is 12.5. The molecular weight excluding hydrogens is 378 g/mol. The van der Waals surface area contributed by atoms with Crippen LogP contribution < -0.4 is 14.8 Å². The van der Waals surface area contributed by atoms with Crippen LogP contribution in [0.5, 0.6) is 5.75 Å². The predicted octanol–water partition coefficient (Wildman–Crippen LogP) is 3.19. The molecule has 0 unspecified atom stereocenters. The molecule has 1 aliphatic carbocycles. The van der Waals surface area contributed by atoms with Gasteiger partial charge in [0.25, 0.3) is 0 Å². The summed E-state index contributed by atoms with van der Waals surface area (Å²) < 4.78 is 33.0. The standard InChI is InChI=1S/C20H31N3O4S/c1-27-19-10-6-5-9-18(19)22-20(24)23-13-11-16(12-14-23)15-21-28(25,26)17-7-3-2-4-8-17/h5-6,9-10,16-17,21H,2-4,7-8,11-15H2,1H3,(H,22,24). The fraction of sp³-hybridized carbons (Fsp3) is 0.650. The summed E-state index contributed by atoms with van der Waals surface area (Å²) in [6, 6.07) is 7.17. The minimum absolute atomic E-state index is 0.147. The number of hydrogen-bond acceptors (Lipinski definition) is 4. The molecule has 1 aromatic carbocycles. The van der Waals surface area contributed by atoms with Crippen molar-refractivity contribution in [2.45, 2.75) is 50.2 Å². The normalized spacial score (nSPS) is 19.4. The number of benzene rings is 1. The van der Waals surface area contributed by atoms with Crippen LogP contribution in [-0.4, -0.2) is 51.3 Å². The zero-order valence-corrected chi connectivity index (χ0v) is 17.3. The van der Waals surface area contributed by atoms with Crippen LogP contribution in [0.1, 0.15) is 44.9 Å². The number of carbonyl (C=O) groups excluding carboxylic acids is 1. The van der Waals surface area contributed by atoms with Gasteiger partial charge < -0.3 is 15.0 Å². The number of hydrogen-bond donors (Lipinski definition) is 2. The van der Waals surface area contributed by atoms with Crippen molar-refractivity contribution in [2.24, 2.45) is 5.92 Å². The van der Waals surface area contributed by atoms with Gasteiger partial charge in [-0.15, -0.1) is 0 Å². The predicted molar refractivity (Wildman–Crippen MR) is 110 cm³/mol. The summed E-state index contributed by atoms with van der Waals surface area (Å²) in [4.78, 5) is 14.3. The number of piperidine rings is 1. The summed E-state index contributed by atoms with van der Waals surface area (Å²) in [6.45, 7) is 1.72. The molecule has 0 radical (unpaired) electrons. The van der Waals surface area contributed by atoms with Gasteiger partial charge in [0, 0.05) is 19.6 Å². The monoisotopic (exact) mass is 409 g/mol. The molecule has 0 atom stereocenters. The average Bonchev–Trinajstić information content (AvgIpc) is 2.73. The van der Waals surface area contributed by atoms with E-state index in [-0.39, 0.29) is 17.2 Å². The van der Waals surface area contributed by atoms with Crippen LogP contribution in [0.25, 0.3) is 0 Å². The fourth-order valence-corrected chi connectivity index (χ4v) is 5.67. The number of anilines is 1. The van der Waals surface area contributed by atoms with Crippen molar-refractivity contribution in [3.8, 4) is 5.75 Å². The molecule has 3 rings (SSSR count). The van der Waals surface area contributed by atoms with E-state index in [1.807, 2.05) is 18.2 Å². The molecule has 0 aromatic heterocycles. The van der Waals surface area contributed by atoms with E-state index in [9.17, 15) is 13.2 Å². The lowest BCUT2D eigenvalue weighted by molar-refractivity contribution is 0.183. The van der Waals surface area contributed by atoms with Crippen molar-refractivity contribution < 1.29 is 17.9 Å². The number of nitrogens with zero attached hydrogens (tertiary/aromatic N) is 1. The van der Waals surface area contributed by atoms with Crippen molar-refractivity contribution in [1.82, 2.24) is 9.62 Å². The quantitative estimate of drug-likeness (QED) is 0.755. The number of carbonyl (C=O) groups is 1. The number of urea groups is 1. The van der Waals surface area contributed by atoms with E-state index in [0.717, 1.165) is 44.9 Å². The maximum Gasteiger partial charge on any atom is 0.321 e. The Bertz CT molecular complexity index is 754. The highest BCUT2D eigenvalue weighted by Gasteiger charge is 2.29. The third-order valence-electron chi connectivity index (χ3n) is 5.81. The number of amides is 2. The number of likely N-dealkylation sites (tertiary alicyclic amines) is 1. The SMILES string of the molecule is COc1ccccc1NC(=O)N1CCC(CNS(=O)(=O)C2CCCCC2)CC1. The molecule has 1 saturated carbocycles. The third-order valence-corrected chi connectivity index (χ3v) is 7.73. The van der Waals surface area contributed by atoms with Crippen LogP contribution in [0.2, 0.25) is 0 Å². The maximum atomic E-state index is 12.5. The first-order chi connectivity index (χ1) is 13.5. The Morgan fingerprint density at radius 3 is 2.46 bits per heavy atom. The lowest BCUT2D eigenvalue weighted by atomic mass is 9.97. The van der Waals surface area contributed by atoms with Crippen molar-refractivity contribution >= 4 is 21.7 Å². The van der Waals surface area contributed by atoms with E-state index in [1.54, 1.807) is 18.1 Å². The van der Waals surface area contributed by atoms with Crippen molar-refractivity contribution in [3.05, 3.63) is 24.3 Å². The van der Waals surface area contributed by atoms with Gasteiger partial charge in [0.1, 0.15) is 5.75 Å². The summed E-state index contributed by atoms with van der Waals surface area (Å²) in [7, 11) is -1.64. The molecule has 28 heavy (non-hydrogen) atoms. The summed E-state index contributed by atoms with van der Waals surface area (Å²) in [6.07, 6.45) is 6.30. The number of para-hydroxylation sites is 2. The third kappa shape index (κ3) is 5.38. The van der Waals surface area contributed by atoms with Gasteiger partial charge in [-0.2, -0.15) is 0 Å². The topological polar surface area (TPSA) is 87.7 Å². The van der Waals surface area contributed by atoms with Crippen molar-refractivity contribution in [2.75, 3.05) is 32.1 Å². The first kappa shape index (κ1) is 20.9. The van der Waals surface area contributed by atoms with Crippen LogP contribution in [0.15, 0.2) is 24.3 Å². The Kier molecular flexibility index (Phi) is 7.18. The molecule has 0 spiro atoms. The Hall–Kier alpha value is -1.80. The Morgan fingerprint density at radius 2 is 1.79 bits per heavy atom. The van der Waals surface area contributed by atoms with Gasteiger partial charge in [0.15, 0.2) is 0 Å². The van der Waals surface area contributed by atoms with Crippen LogP contribution in [0, 0.1) is 5.92 Å². The highest BCUT2D eigenvalue weighted by molar-refractivity contribution is 7.90. The Labute approximate surface area is 167 Å². The highest BCUT2D eigenvalue weighted by Crippen LogP contribution is 2.25. The largest absolute Gasteiger partial charge is 0.495 e. The average molecular weight is 410 g/mol. The Balaban J connectivity index is 1.44. The summed E-state index contributed by atoms with van der Waals surface area (Å²) in [5.74, 6) is 0.900. The molecule has 1 heterocycles. The molecule has 2 fully saturated rings. The van der Waals surface area contributed by atoms with Crippen LogP contribution in [0.3, 0.4) is 0 Å². The first-order valence-corrected chi connectivity index (χ1v) is 11.7. The number of methoxy groups -OCH3 is 1. The van der Waals surface area contributed by atoms with E-state index < -0.39 is 10.0 Å². The van der Waals surface area contributed by atoms with Gasteiger partial charge in [-0.1, -0.05) is 31.4 Å². The van der Waals surface area contributed by atoms with Gasteiger partial charge in [-0.05, 0) is 43.7 Å². The van der Waals surface area contributed by atoms with E-state index in [0.29, 0.717) is 31.1 Å². The van der Waals surface area contributed by atoms with Gasteiger partial charge in [-0.25, -0.2) is 17.9 Å². The molecule has 2 aliphatic rings. The second-order valence-electron chi connectivity index (χ2n) is 7.71. The molecular formula is C20H31N3O4S. The van der Waals surface area contributed by atoms with E-state index in [4.69, 9.17) is 4.74 Å². The van der Waals surface area contributed by atoms with Crippen LogP contribution in [-0.2, 0) is 10.0 Å². The molecule has 8 heteroatoms. The second kappa shape index (κ2) is 9.60. The molecule has 1 saturated heterocycles. The minimum Gasteiger partial charge on any atom is -0.495 e. The molecule has 1 aliphatic heterocycles. The first-order valence-electron chi connectivity index (χ1n) is 10.2. The molecule has 7 nitrogen and oxygen atoms in total. The van der Waals surface area contributed by atoms with E-state index >= 15 is 0 Å². The van der Waals surface area contributed by atoms with Crippen LogP contribution in [0.4, 0.5) is 10.5 Å². The van der Waals surface area contributed by atoms with Crippen molar-refractivity contribution in [3.63, 3.8) is 0 Å². The molecule has 1 aromatic rings. The molecule has 2 N–H and O–H groups in total. The Morgan fingerprint density at radius 1 is 1.11 bits per heavy atom. The number of ether oxygens (including phenoxy) is 1. The molecule has 2 amide bonds. The number of sulfonamides is 1.